The third-order valence-corrected chi connectivity index (χ3v) is 13.0. The number of benzene rings is 9. The van der Waals surface area contributed by atoms with Crippen LogP contribution in [0.3, 0.4) is 0 Å². The van der Waals surface area contributed by atoms with Crippen molar-refractivity contribution < 1.29 is 0 Å². The van der Waals surface area contributed by atoms with Crippen LogP contribution < -0.4 is 0 Å². The summed E-state index contributed by atoms with van der Waals surface area (Å²) in [7, 11) is 0. The van der Waals surface area contributed by atoms with Gasteiger partial charge in [0.2, 0.25) is 0 Å². The van der Waals surface area contributed by atoms with E-state index in [0.717, 1.165) is 72.0 Å². The molecular formula is C64H39N11. The molecule has 0 bridgehead atoms. The molecule has 0 aliphatic carbocycles. The Kier molecular flexibility index (Phi) is 11.3. The van der Waals surface area contributed by atoms with E-state index in [1.165, 1.54) is 0 Å². The van der Waals surface area contributed by atoms with Gasteiger partial charge in [-0.1, -0.05) is 188 Å². The lowest BCUT2D eigenvalue weighted by atomic mass is 10.1. The summed E-state index contributed by atoms with van der Waals surface area (Å²) in [6.07, 6.45) is 0. The summed E-state index contributed by atoms with van der Waals surface area (Å²) < 4.78 is 2.19. The molecule has 0 spiro atoms. The van der Waals surface area contributed by atoms with Crippen LogP contribution in [-0.4, -0.2) is 49.4 Å². The zero-order chi connectivity index (χ0) is 50.1. The minimum absolute atomic E-state index is 0.388. The largest absolute Gasteiger partial charge is 0.311 e. The van der Waals surface area contributed by atoms with Gasteiger partial charge in [-0.15, -0.1) is 0 Å². The number of hydrogen-bond acceptors (Lipinski definition) is 9. The first-order valence-corrected chi connectivity index (χ1v) is 24.3. The zero-order valence-corrected chi connectivity index (χ0v) is 39.9. The topological polar surface area (TPSA) is 125 Å². The lowest BCUT2D eigenvalue weighted by molar-refractivity contribution is 1.07. The molecule has 0 aliphatic rings. The maximum absolute atomic E-state index is 8.59. The van der Waals surface area contributed by atoms with Crippen molar-refractivity contribution in [3.8, 4) is 108 Å². The van der Waals surface area contributed by atoms with Crippen molar-refractivity contribution >= 4 is 27.5 Å². The second-order valence-electron chi connectivity index (χ2n) is 17.7. The van der Waals surface area contributed by atoms with Gasteiger partial charge < -0.3 is 4.57 Å². The van der Waals surface area contributed by atoms with Crippen LogP contribution in [0.5, 0.6) is 0 Å². The highest BCUT2D eigenvalue weighted by Crippen LogP contribution is 2.40. The van der Waals surface area contributed by atoms with Crippen molar-refractivity contribution in [1.29, 1.82) is 0 Å². The summed E-state index contributed by atoms with van der Waals surface area (Å²) in [5.41, 5.74) is 10.4. The van der Waals surface area contributed by atoms with Gasteiger partial charge in [0.05, 0.1) is 17.6 Å². The summed E-state index contributed by atoms with van der Waals surface area (Å²) in [6.45, 7) is 8.59. The van der Waals surface area contributed by atoms with Gasteiger partial charge in [-0.2, -0.15) is 0 Å². The number of fused-ring (bicyclic) bond motifs is 3. The van der Waals surface area contributed by atoms with E-state index in [0.29, 0.717) is 63.7 Å². The summed E-state index contributed by atoms with van der Waals surface area (Å²) in [5.74, 6) is 4.77. The fourth-order valence-electron chi connectivity index (χ4n) is 9.32. The van der Waals surface area contributed by atoms with Gasteiger partial charge in [-0.05, 0) is 48.5 Å². The van der Waals surface area contributed by atoms with Crippen LogP contribution in [0.2, 0.25) is 0 Å². The summed E-state index contributed by atoms with van der Waals surface area (Å²) >= 11 is 0. The number of nitrogens with zero attached hydrogens (tertiary/aromatic N) is 11. The molecule has 0 amide bonds. The van der Waals surface area contributed by atoms with Gasteiger partial charge >= 0.3 is 0 Å². The zero-order valence-electron chi connectivity index (χ0n) is 39.9. The maximum atomic E-state index is 8.59. The summed E-state index contributed by atoms with van der Waals surface area (Å²) in [4.78, 5) is 49.3. The fourth-order valence-corrected chi connectivity index (χ4v) is 9.32. The van der Waals surface area contributed by atoms with Crippen molar-refractivity contribution in [2.45, 2.75) is 0 Å². The highest BCUT2D eigenvalue weighted by Gasteiger charge is 2.21. The third-order valence-electron chi connectivity index (χ3n) is 13.0. The molecule has 350 valence electrons. The molecule has 0 N–H and O–H groups in total. The van der Waals surface area contributed by atoms with E-state index in [2.05, 4.69) is 33.7 Å². The molecule has 9 aromatic carbocycles. The molecular weight excluding hydrogens is 923 g/mol. The molecule has 13 aromatic rings. The lowest BCUT2D eigenvalue weighted by Gasteiger charge is -2.13. The molecule has 0 radical (unpaired) electrons. The van der Waals surface area contributed by atoms with E-state index < -0.39 is 0 Å². The van der Waals surface area contributed by atoms with Crippen molar-refractivity contribution in [2.24, 2.45) is 0 Å². The predicted molar refractivity (Wildman–Crippen MR) is 296 cm³/mol. The second kappa shape index (κ2) is 19.1. The second-order valence-corrected chi connectivity index (χ2v) is 17.7. The van der Waals surface area contributed by atoms with Crippen molar-refractivity contribution in [3.63, 3.8) is 0 Å². The highest BCUT2D eigenvalue weighted by atomic mass is 15.1. The fraction of sp³-hybridized carbons (Fsp3) is 0. The molecule has 13 rings (SSSR count). The third kappa shape index (κ3) is 8.60. The molecule has 0 saturated heterocycles. The Morgan fingerprint density at radius 2 is 0.547 bits per heavy atom. The van der Waals surface area contributed by atoms with Crippen LogP contribution in [0.1, 0.15) is 0 Å². The summed E-state index contributed by atoms with van der Waals surface area (Å²) in [5, 5.41) is 1.86. The van der Waals surface area contributed by atoms with E-state index in [1.54, 1.807) is 0 Å². The number of rotatable bonds is 10. The lowest BCUT2D eigenvalue weighted by Crippen LogP contribution is -2.01. The minimum Gasteiger partial charge on any atom is -0.311 e. The predicted octanol–water partition coefficient (Wildman–Crippen LogP) is 14.9. The van der Waals surface area contributed by atoms with Crippen LogP contribution in [0, 0.1) is 6.57 Å². The monoisotopic (exact) mass is 961 g/mol. The molecule has 11 nitrogen and oxygen atoms in total. The van der Waals surface area contributed by atoms with Gasteiger partial charge in [-0.25, -0.2) is 49.7 Å². The Labute approximate surface area is 431 Å². The van der Waals surface area contributed by atoms with Crippen LogP contribution in [0.4, 0.5) is 5.69 Å². The van der Waals surface area contributed by atoms with Crippen LogP contribution in [-0.2, 0) is 0 Å². The standard InChI is InChI=1S/C64H39N11/c1-65-53-40-49(34-35-50(53)64-73-60(45-28-16-6-17-29-45)68-61(74-64)46-30-18-7-19-31-46)75-54-36-32-47(62-69-56(41-20-8-2-9-21-41)66-57(70-62)42-22-10-3-11-23-42)38-51(54)52-39-48(33-37-55(52)75)63-71-58(43-24-12-4-13-25-43)67-59(72-63)44-26-14-5-15-27-44/h2-40H. The highest BCUT2D eigenvalue weighted by molar-refractivity contribution is 6.11. The van der Waals surface area contributed by atoms with Crippen LogP contribution >= 0.6 is 0 Å². The quantitative estimate of drug-likeness (QED) is 0.123. The van der Waals surface area contributed by atoms with Crippen molar-refractivity contribution in [1.82, 2.24) is 49.4 Å². The molecule has 11 heteroatoms. The molecule has 0 atom stereocenters. The van der Waals surface area contributed by atoms with E-state index in [-0.39, 0.29) is 0 Å². The van der Waals surface area contributed by atoms with Gasteiger partial charge in [0, 0.05) is 66.5 Å². The van der Waals surface area contributed by atoms with Crippen molar-refractivity contribution in [3.05, 3.63) is 248 Å². The Morgan fingerprint density at radius 3 is 0.840 bits per heavy atom. The first-order chi connectivity index (χ1) is 37.1. The molecule has 0 saturated carbocycles. The van der Waals surface area contributed by atoms with E-state index in [9.17, 15) is 0 Å². The van der Waals surface area contributed by atoms with E-state index in [4.69, 9.17) is 51.4 Å². The Hall–Kier alpha value is -10.7. The maximum Gasteiger partial charge on any atom is 0.200 e. The molecule has 0 fully saturated rings. The number of aromatic nitrogens is 10. The smallest absolute Gasteiger partial charge is 0.200 e. The Balaban J connectivity index is 1.01. The van der Waals surface area contributed by atoms with Crippen molar-refractivity contribution in [2.75, 3.05) is 0 Å². The van der Waals surface area contributed by atoms with Crippen LogP contribution in [0.15, 0.2) is 237 Å². The van der Waals surface area contributed by atoms with E-state index in [1.807, 2.05) is 212 Å². The van der Waals surface area contributed by atoms with Gasteiger partial charge in [0.25, 0.3) is 0 Å². The average Bonchev–Trinajstić information content (AvgIpc) is 3.84. The number of hydrogen-bond donors (Lipinski definition) is 0. The first-order valence-electron chi connectivity index (χ1n) is 24.3. The first kappa shape index (κ1) is 44.3. The minimum atomic E-state index is 0.388. The normalized spacial score (nSPS) is 11.2. The van der Waals surface area contributed by atoms with Gasteiger partial charge in [-0.3, -0.25) is 0 Å². The van der Waals surface area contributed by atoms with E-state index >= 15 is 0 Å². The molecule has 0 aliphatic heterocycles. The SMILES string of the molecule is [C-]#[N+]c1cc(-n2c3ccc(-c4nc(-c5ccccc5)nc(-c5ccccc5)n4)cc3c3cc(-c4nc(-c5ccccc5)nc(-c5ccccc5)n4)ccc32)ccc1-c1nc(-c2ccccc2)nc(-c2ccccc2)n1. The van der Waals surface area contributed by atoms with Gasteiger partial charge in [0.15, 0.2) is 58.1 Å². The Morgan fingerprint density at radius 1 is 0.267 bits per heavy atom. The Bertz CT molecular complexity index is 3920. The molecule has 75 heavy (non-hydrogen) atoms. The summed E-state index contributed by atoms with van der Waals surface area (Å²) in [6, 6.07) is 77.9. The molecule has 0 unspecified atom stereocenters. The van der Waals surface area contributed by atoms with Crippen LogP contribution in [0.25, 0.3) is 135 Å². The van der Waals surface area contributed by atoms with Gasteiger partial charge in [0.1, 0.15) is 0 Å². The average molecular weight is 962 g/mol. The molecule has 4 aromatic heterocycles. The molecule has 4 heterocycles.